The number of hydrogen-bond donors (Lipinski definition) is 3. The van der Waals surface area contributed by atoms with E-state index in [9.17, 15) is 14.4 Å². The number of aryl methyl sites for hydroxylation is 1. The number of rotatable bonds is 5. The van der Waals surface area contributed by atoms with Gasteiger partial charge in [-0.15, -0.1) is 0 Å². The fourth-order valence-electron chi connectivity index (χ4n) is 2.71. The molecule has 9 heteroatoms. The molecule has 1 fully saturated rings. The van der Waals surface area contributed by atoms with Crippen LogP contribution in [0.4, 0.5) is 5.69 Å². The zero-order valence-corrected chi connectivity index (χ0v) is 18.6. The highest BCUT2D eigenvalue weighted by atomic mass is 79.9. The minimum absolute atomic E-state index is 0.0220. The van der Waals surface area contributed by atoms with Crippen LogP contribution in [-0.4, -0.2) is 29.4 Å². The third-order valence-corrected chi connectivity index (χ3v) is 5.27. The summed E-state index contributed by atoms with van der Waals surface area (Å²) in [7, 11) is 0. The zero-order chi connectivity index (χ0) is 21.8. The molecule has 1 heterocycles. The molecular weight excluding hydrogens is 470 g/mol. The molecule has 154 valence electrons. The van der Waals surface area contributed by atoms with E-state index < -0.39 is 11.8 Å². The monoisotopic (exact) mass is 487 g/mol. The summed E-state index contributed by atoms with van der Waals surface area (Å²) in [6.07, 6.45) is 1.44. The third kappa shape index (κ3) is 5.11. The second-order valence-corrected chi connectivity index (χ2v) is 7.83. The zero-order valence-electron chi connectivity index (χ0n) is 16.2. The van der Waals surface area contributed by atoms with Crippen molar-refractivity contribution in [1.29, 1.82) is 0 Å². The van der Waals surface area contributed by atoms with Crippen molar-refractivity contribution in [3.05, 3.63) is 63.1 Å². The van der Waals surface area contributed by atoms with Crippen molar-refractivity contribution in [1.82, 2.24) is 10.6 Å². The van der Waals surface area contributed by atoms with Gasteiger partial charge in [-0.1, -0.05) is 18.2 Å². The van der Waals surface area contributed by atoms with E-state index in [0.717, 1.165) is 16.8 Å². The molecule has 0 bridgehead atoms. The molecule has 3 rings (SSSR count). The number of carbonyl (C=O) groups is 3. The number of ether oxygens (including phenoxy) is 1. The number of amides is 3. The first-order valence-corrected chi connectivity index (χ1v) is 10.1. The van der Waals surface area contributed by atoms with Gasteiger partial charge in [-0.25, -0.2) is 0 Å². The Kier molecular flexibility index (Phi) is 6.63. The fourth-order valence-corrected chi connectivity index (χ4v) is 3.41. The van der Waals surface area contributed by atoms with Crippen molar-refractivity contribution in [3.63, 3.8) is 0 Å². The van der Waals surface area contributed by atoms with Crippen molar-refractivity contribution in [2.45, 2.75) is 13.8 Å². The molecule has 7 nitrogen and oxygen atoms in total. The van der Waals surface area contributed by atoms with Crippen molar-refractivity contribution in [2.24, 2.45) is 0 Å². The summed E-state index contributed by atoms with van der Waals surface area (Å²) in [6.45, 7) is 3.74. The van der Waals surface area contributed by atoms with Gasteiger partial charge in [0.1, 0.15) is 11.3 Å². The third-order valence-electron chi connectivity index (χ3n) is 4.45. The van der Waals surface area contributed by atoms with Crippen LogP contribution in [0.2, 0.25) is 0 Å². The molecule has 1 aliphatic rings. The quantitative estimate of drug-likeness (QED) is 0.342. The Morgan fingerprint density at radius 3 is 2.53 bits per heavy atom. The molecule has 1 saturated heterocycles. The first-order valence-electron chi connectivity index (χ1n) is 8.91. The average molecular weight is 488 g/mol. The molecule has 1 aliphatic heterocycles. The van der Waals surface area contributed by atoms with Crippen molar-refractivity contribution >= 4 is 62.7 Å². The van der Waals surface area contributed by atoms with Gasteiger partial charge in [0.2, 0.25) is 0 Å². The Hall–Kier alpha value is -3.04. The first-order chi connectivity index (χ1) is 14.2. The number of hydrogen-bond acceptors (Lipinski definition) is 5. The van der Waals surface area contributed by atoms with E-state index in [4.69, 9.17) is 17.0 Å². The Balaban J connectivity index is 1.66. The van der Waals surface area contributed by atoms with Gasteiger partial charge in [-0.05, 0) is 83.0 Å². The van der Waals surface area contributed by atoms with Crippen LogP contribution >= 0.6 is 28.1 Å². The average Bonchev–Trinajstić information content (AvgIpc) is 2.67. The maximum Gasteiger partial charge on any atom is 0.263 e. The lowest BCUT2D eigenvalue weighted by Crippen LogP contribution is -2.51. The van der Waals surface area contributed by atoms with Crippen LogP contribution in [0.15, 0.2) is 46.4 Å². The molecule has 2 aromatic carbocycles. The summed E-state index contributed by atoms with van der Waals surface area (Å²) in [5, 5.41) is 7.56. The predicted octanol–water partition coefficient (Wildman–Crippen LogP) is 3.00. The standard InChI is InChI=1S/C21H18BrN3O4S/c1-11-4-3-5-16(12(11)2)23-18(26)10-29-17-7-6-13(9-15(17)22)8-14-19(27)24-21(30)25-20(14)28/h3-9H,10H2,1-2H3,(H,23,26)(H2,24,25,27,28,30). The highest BCUT2D eigenvalue weighted by molar-refractivity contribution is 9.10. The minimum atomic E-state index is -0.566. The van der Waals surface area contributed by atoms with E-state index in [-0.39, 0.29) is 23.2 Å². The second kappa shape index (κ2) is 9.19. The van der Waals surface area contributed by atoms with E-state index in [1.807, 2.05) is 32.0 Å². The van der Waals surface area contributed by atoms with Gasteiger partial charge in [-0.2, -0.15) is 0 Å². The smallest absolute Gasteiger partial charge is 0.263 e. The lowest BCUT2D eigenvalue weighted by atomic mass is 10.1. The van der Waals surface area contributed by atoms with Crippen LogP contribution in [-0.2, 0) is 14.4 Å². The predicted molar refractivity (Wildman–Crippen MR) is 121 cm³/mol. The van der Waals surface area contributed by atoms with Crippen LogP contribution in [0, 0.1) is 13.8 Å². The number of halogens is 1. The van der Waals surface area contributed by atoms with Crippen molar-refractivity contribution < 1.29 is 19.1 Å². The molecular formula is C21H18BrN3O4S. The highest BCUT2D eigenvalue weighted by Gasteiger charge is 2.25. The molecule has 0 unspecified atom stereocenters. The van der Waals surface area contributed by atoms with Gasteiger partial charge in [0.25, 0.3) is 17.7 Å². The van der Waals surface area contributed by atoms with E-state index in [2.05, 4.69) is 31.9 Å². The largest absolute Gasteiger partial charge is 0.483 e. The second-order valence-electron chi connectivity index (χ2n) is 6.57. The van der Waals surface area contributed by atoms with E-state index in [1.165, 1.54) is 6.08 Å². The topological polar surface area (TPSA) is 96.5 Å². The van der Waals surface area contributed by atoms with Crippen molar-refractivity contribution in [3.8, 4) is 5.75 Å². The summed E-state index contributed by atoms with van der Waals surface area (Å²) in [5.74, 6) is -0.966. The Labute approximate surface area is 187 Å². The number of anilines is 1. The first kappa shape index (κ1) is 21.7. The maximum absolute atomic E-state index is 12.2. The van der Waals surface area contributed by atoms with Crippen LogP contribution in [0.25, 0.3) is 6.08 Å². The molecule has 30 heavy (non-hydrogen) atoms. The maximum atomic E-state index is 12.2. The van der Waals surface area contributed by atoms with Crippen LogP contribution in [0.3, 0.4) is 0 Å². The molecule has 0 spiro atoms. The van der Waals surface area contributed by atoms with E-state index in [0.29, 0.717) is 15.8 Å². The van der Waals surface area contributed by atoms with Gasteiger partial charge in [-0.3, -0.25) is 25.0 Å². The summed E-state index contributed by atoms with van der Waals surface area (Å²) in [6, 6.07) is 10.7. The minimum Gasteiger partial charge on any atom is -0.483 e. The Morgan fingerprint density at radius 1 is 1.17 bits per heavy atom. The fraction of sp³-hybridized carbons (Fsp3) is 0.143. The van der Waals surface area contributed by atoms with Gasteiger partial charge in [0.15, 0.2) is 11.7 Å². The molecule has 3 N–H and O–H groups in total. The van der Waals surface area contributed by atoms with Crippen LogP contribution in [0.1, 0.15) is 16.7 Å². The molecule has 0 aliphatic carbocycles. The summed E-state index contributed by atoms with van der Waals surface area (Å²) in [5.41, 5.74) is 3.37. The molecule has 0 aromatic heterocycles. The van der Waals surface area contributed by atoms with Crippen LogP contribution in [0.5, 0.6) is 5.75 Å². The lowest BCUT2D eigenvalue weighted by molar-refractivity contribution is -0.123. The highest BCUT2D eigenvalue weighted by Crippen LogP contribution is 2.27. The number of thiocarbonyl (C=S) groups is 1. The SMILES string of the molecule is Cc1cccc(NC(=O)COc2ccc(C=C3C(=O)NC(=S)NC3=O)cc2Br)c1C. The van der Waals surface area contributed by atoms with Gasteiger partial charge in [0.05, 0.1) is 4.47 Å². The van der Waals surface area contributed by atoms with E-state index in [1.54, 1.807) is 18.2 Å². The lowest BCUT2D eigenvalue weighted by Gasteiger charge is -2.16. The molecule has 0 radical (unpaired) electrons. The molecule has 0 saturated carbocycles. The summed E-state index contributed by atoms with van der Waals surface area (Å²) in [4.78, 5) is 36.1. The van der Waals surface area contributed by atoms with Gasteiger partial charge in [0, 0.05) is 5.69 Å². The Morgan fingerprint density at radius 2 is 1.87 bits per heavy atom. The Bertz CT molecular complexity index is 1080. The molecule has 2 aromatic rings. The van der Waals surface area contributed by atoms with Gasteiger partial charge >= 0.3 is 0 Å². The van der Waals surface area contributed by atoms with Crippen molar-refractivity contribution in [2.75, 3.05) is 11.9 Å². The molecule has 0 atom stereocenters. The summed E-state index contributed by atoms with van der Waals surface area (Å²) >= 11 is 8.15. The van der Waals surface area contributed by atoms with E-state index >= 15 is 0 Å². The molecule has 3 amide bonds. The summed E-state index contributed by atoms with van der Waals surface area (Å²) < 4.78 is 6.16. The number of carbonyl (C=O) groups excluding carboxylic acids is 3. The number of nitrogens with one attached hydrogen (secondary N) is 3. The van der Waals surface area contributed by atoms with Gasteiger partial charge < -0.3 is 10.1 Å². The normalized spacial score (nSPS) is 13.4. The van der Waals surface area contributed by atoms with Crippen LogP contribution < -0.4 is 20.7 Å². The number of benzene rings is 2.